The first kappa shape index (κ1) is 20.2. The molecular weight excluding hydrogens is 410 g/mol. The normalized spacial score (nSPS) is 21.2. The fourth-order valence-electron chi connectivity index (χ4n) is 3.50. The van der Waals surface area contributed by atoms with Gasteiger partial charge in [0.2, 0.25) is 0 Å². The van der Waals surface area contributed by atoms with Crippen molar-refractivity contribution in [1.82, 2.24) is 10.6 Å². The zero-order valence-electron chi connectivity index (χ0n) is 16.0. The number of hydrogen-bond acceptors (Lipinski definition) is 5. The summed E-state index contributed by atoms with van der Waals surface area (Å²) in [4.78, 5) is 37.9. The van der Waals surface area contributed by atoms with Crippen molar-refractivity contribution in [2.24, 2.45) is 0 Å². The standard InChI is InChI=1S/C21H20ClN3O5/c22-16-4-2-1-3-15(16)20(27)23-11-17-19(24-21(28)30-17)13-5-7-14(8-6-13)25-9-10-29-12-18(25)26/h1-8,17,19H,9-12H2,(H,23,27)(H,24,28)/t17-,19?/m0/s1. The summed E-state index contributed by atoms with van der Waals surface area (Å²) >= 11 is 6.06. The number of anilines is 1. The van der Waals surface area contributed by atoms with Crippen molar-refractivity contribution in [2.45, 2.75) is 12.1 Å². The number of rotatable bonds is 5. The second-order valence-corrected chi connectivity index (χ2v) is 7.35. The van der Waals surface area contributed by atoms with Crippen LogP contribution >= 0.6 is 11.6 Å². The molecule has 3 amide bonds. The molecule has 2 saturated heterocycles. The van der Waals surface area contributed by atoms with Gasteiger partial charge in [0.25, 0.3) is 11.8 Å². The molecular formula is C21H20ClN3O5. The molecule has 2 aromatic carbocycles. The summed E-state index contributed by atoms with van der Waals surface area (Å²) < 4.78 is 10.5. The Labute approximate surface area is 178 Å². The number of ether oxygens (including phenoxy) is 2. The van der Waals surface area contributed by atoms with Crippen molar-refractivity contribution in [3.63, 3.8) is 0 Å². The van der Waals surface area contributed by atoms with Crippen LogP contribution in [0.15, 0.2) is 48.5 Å². The predicted octanol–water partition coefficient (Wildman–Crippen LogP) is 2.28. The molecule has 2 aromatic rings. The fraction of sp³-hybridized carbons (Fsp3) is 0.286. The molecule has 156 valence electrons. The van der Waals surface area contributed by atoms with Crippen LogP contribution in [0.2, 0.25) is 5.02 Å². The van der Waals surface area contributed by atoms with E-state index in [1.54, 1.807) is 29.2 Å². The Morgan fingerprint density at radius 2 is 1.93 bits per heavy atom. The third-order valence-electron chi connectivity index (χ3n) is 5.04. The number of alkyl carbamates (subject to hydrolysis) is 1. The smallest absolute Gasteiger partial charge is 0.408 e. The molecule has 2 fully saturated rings. The fourth-order valence-corrected chi connectivity index (χ4v) is 3.73. The number of amides is 3. The summed E-state index contributed by atoms with van der Waals surface area (Å²) in [6.45, 7) is 1.18. The van der Waals surface area contributed by atoms with E-state index in [0.29, 0.717) is 23.7 Å². The van der Waals surface area contributed by atoms with E-state index in [-0.39, 0.29) is 25.0 Å². The quantitative estimate of drug-likeness (QED) is 0.760. The van der Waals surface area contributed by atoms with Crippen molar-refractivity contribution in [3.8, 4) is 0 Å². The van der Waals surface area contributed by atoms with E-state index in [4.69, 9.17) is 21.1 Å². The van der Waals surface area contributed by atoms with Crippen LogP contribution in [0.1, 0.15) is 22.0 Å². The van der Waals surface area contributed by atoms with Gasteiger partial charge < -0.3 is 25.0 Å². The molecule has 4 rings (SSSR count). The highest BCUT2D eigenvalue weighted by Crippen LogP contribution is 2.27. The van der Waals surface area contributed by atoms with E-state index in [1.807, 2.05) is 24.3 Å². The molecule has 0 spiro atoms. The summed E-state index contributed by atoms with van der Waals surface area (Å²) in [6, 6.07) is 13.6. The maximum Gasteiger partial charge on any atom is 0.408 e. The van der Waals surface area contributed by atoms with E-state index < -0.39 is 18.2 Å². The molecule has 0 radical (unpaired) electrons. The van der Waals surface area contributed by atoms with Gasteiger partial charge in [-0.05, 0) is 29.8 Å². The van der Waals surface area contributed by atoms with Gasteiger partial charge in [0, 0.05) is 12.2 Å². The molecule has 0 bridgehead atoms. The van der Waals surface area contributed by atoms with Gasteiger partial charge in [-0.25, -0.2) is 4.79 Å². The molecule has 2 N–H and O–H groups in total. The van der Waals surface area contributed by atoms with Gasteiger partial charge in [-0.15, -0.1) is 0 Å². The lowest BCUT2D eigenvalue weighted by atomic mass is 10.0. The van der Waals surface area contributed by atoms with Crippen LogP contribution in [0, 0.1) is 0 Å². The number of halogens is 1. The Hall–Kier alpha value is -3.10. The van der Waals surface area contributed by atoms with E-state index in [9.17, 15) is 14.4 Å². The second kappa shape index (κ2) is 8.73. The van der Waals surface area contributed by atoms with Crippen LogP contribution < -0.4 is 15.5 Å². The Balaban J connectivity index is 1.43. The van der Waals surface area contributed by atoms with Crippen molar-refractivity contribution >= 4 is 35.2 Å². The minimum Gasteiger partial charge on any atom is -0.442 e. The van der Waals surface area contributed by atoms with Gasteiger partial charge in [0.15, 0.2) is 0 Å². The lowest BCUT2D eigenvalue weighted by molar-refractivity contribution is -0.125. The number of cyclic esters (lactones) is 1. The number of benzene rings is 2. The first-order chi connectivity index (χ1) is 14.5. The van der Waals surface area contributed by atoms with Gasteiger partial charge in [-0.2, -0.15) is 0 Å². The van der Waals surface area contributed by atoms with Gasteiger partial charge >= 0.3 is 6.09 Å². The SMILES string of the molecule is O=C1NC(c2ccc(N3CCOCC3=O)cc2)[C@H](CNC(=O)c2ccccc2Cl)O1. The van der Waals surface area contributed by atoms with Gasteiger partial charge in [0.1, 0.15) is 12.7 Å². The Morgan fingerprint density at radius 3 is 2.67 bits per heavy atom. The summed E-state index contributed by atoms with van der Waals surface area (Å²) in [7, 11) is 0. The van der Waals surface area contributed by atoms with Crippen LogP contribution in [0.5, 0.6) is 0 Å². The molecule has 1 unspecified atom stereocenters. The van der Waals surface area contributed by atoms with Crippen molar-refractivity contribution in [2.75, 3.05) is 31.2 Å². The number of hydrogen-bond donors (Lipinski definition) is 2. The van der Waals surface area contributed by atoms with Gasteiger partial charge in [-0.1, -0.05) is 35.9 Å². The summed E-state index contributed by atoms with van der Waals surface area (Å²) in [6.07, 6.45) is -1.13. The van der Waals surface area contributed by atoms with Crippen LogP contribution in [0.25, 0.3) is 0 Å². The maximum atomic E-state index is 12.4. The zero-order chi connectivity index (χ0) is 21.1. The zero-order valence-corrected chi connectivity index (χ0v) is 16.7. The highest BCUT2D eigenvalue weighted by molar-refractivity contribution is 6.33. The molecule has 0 saturated carbocycles. The molecule has 0 aliphatic carbocycles. The van der Waals surface area contributed by atoms with Gasteiger partial charge in [-0.3, -0.25) is 9.59 Å². The molecule has 8 nitrogen and oxygen atoms in total. The third-order valence-corrected chi connectivity index (χ3v) is 5.37. The molecule has 9 heteroatoms. The minimum absolute atomic E-state index is 0.0709. The number of nitrogens with one attached hydrogen (secondary N) is 2. The van der Waals surface area contributed by atoms with Crippen LogP contribution in [-0.4, -0.2) is 50.3 Å². The van der Waals surface area contributed by atoms with Crippen LogP contribution in [0.4, 0.5) is 10.5 Å². The van der Waals surface area contributed by atoms with E-state index in [1.165, 1.54) is 0 Å². The molecule has 2 heterocycles. The summed E-state index contributed by atoms with van der Waals surface area (Å²) in [5.74, 6) is -0.435. The molecule has 2 aliphatic rings. The third kappa shape index (κ3) is 4.24. The summed E-state index contributed by atoms with van der Waals surface area (Å²) in [5.41, 5.74) is 1.93. The van der Waals surface area contributed by atoms with Gasteiger partial charge in [0.05, 0.1) is 29.8 Å². The number of morpholine rings is 1. The predicted molar refractivity (Wildman–Crippen MR) is 110 cm³/mol. The monoisotopic (exact) mass is 429 g/mol. The largest absolute Gasteiger partial charge is 0.442 e. The number of nitrogens with zero attached hydrogens (tertiary/aromatic N) is 1. The lowest BCUT2D eigenvalue weighted by Crippen LogP contribution is -2.41. The van der Waals surface area contributed by atoms with Crippen LogP contribution in [-0.2, 0) is 14.3 Å². The van der Waals surface area contributed by atoms with Crippen molar-refractivity contribution < 1.29 is 23.9 Å². The Morgan fingerprint density at radius 1 is 1.17 bits per heavy atom. The van der Waals surface area contributed by atoms with Crippen molar-refractivity contribution in [3.05, 3.63) is 64.7 Å². The van der Waals surface area contributed by atoms with E-state index >= 15 is 0 Å². The highest BCUT2D eigenvalue weighted by Gasteiger charge is 2.35. The Bertz CT molecular complexity index is 965. The molecule has 2 atom stereocenters. The molecule has 0 aromatic heterocycles. The van der Waals surface area contributed by atoms with Crippen LogP contribution in [0.3, 0.4) is 0 Å². The lowest BCUT2D eigenvalue weighted by Gasteiger charge is -2.27. The van der Waals surface area contributed by atoms with Crippen molar-refractivity contribution in [1.29, 1.82) is 0 Å². The average Bonchev–Trinajstić information content (AvgIpc) is 3.13. The Kier molecular flexibility index (Phi) is 5.87. The minimum atomic E-state index is -0.584. The highest BCUT2D eigenvalue weighted by atomic mass is 35.5. The van der Waals surface area contributed by atoms with E-state index in [2.05, 4.69) is 10.6 Å². The topological polar surface area (TPSA) is 97.0 Å². The van der Waals surface area contributed by atoms with E-state index in [0.717, 1.165) is 11.3 Å². The first-order valence-corrected chi connectivity index (χ1v) is 9.88. The second-order valence-electron chi connectivity index (χ2n) is 6.95. The maximum absolute atomic E-state index is 12.4. The summed E-state index contributed by atoms with van der Waals surface area (Å²) in [5, 5.41) is 5.88. The molecule has 2 aliphatic heterocycles. The molecule has 30 heavy (non-hydrogen) atoms. The number of carbonyl (C=O) groups is 3. The number of carbonyl (C=O) groups excluding carboxylic acids is 3. The average molecular weight is 430 g/mol. The first-order valence-electron chi connectivity index (χ1n) is 9.51.